The summed E-state index contributed by atoms with van der Waals surface area (Å²) in [5.41, 5.74) is 8.36. The Morgan fingerprint density at radius 3 is 2.80 bits per heavy atom. The van der Waals surface area contributed by atoms with Crippen LogP contribution in [0.5, 0.6) is 0 Å². The van der Waals surface area contributed by atoms with Crippen LogP contribution in [-0.2, 0) is 6.42 Å². The average Bonchev–Trinajstić information content (AvgIpc) is 2.65. The van der Waals surface area contributed by atoms with Crippen LogP contribution >= 0.6 is 11.6 Å². The van der Waals surface area contributed by atoms with Crippen LogP contribution < -0.4 is 5.73 Å². The van der Waals surface area contributed by atoms with Gasteiger partial charge in [0.25, 0.3) is 0 Å². The van der Waals surface area contributed by atoms with E-state index in [0.29, 0.717) is 10.9 Å². The maximum absolute atomic E-state index is 5.94. The highest BCUT2D eigenvalue weighted by molar-refractivity contribution is 6.30. The first-order chi connectivity index (χ1) is 7.20. The standard InChI is InChI=1S/C11H11ClN2O/c1-2-7-3-4-8(12)5-9(7)10-6-11(13)15-14-10/h3-6H,2,13H2,1H3. The van der Waals surface area contributed by atoms with Crippen molar-refractivity contribution in [3.8, 4) is 11.3 Å². The van der Waals surface area contributed by atoms with E-state index in [-0.39, 0.29) is 0 Å². The Bertz CT molecular complexity index is 479. The summed E-state index contributed by atoms with van der Waals surface area (Å²) in [6, 6.07) is 7.43. The molecule has 1 aromatic carbocycles. The molecule has 0 aliphatic heterocycles. The van der Waals surface area contributed by atoms with Crippen molar-refractivity contribution in [2.24, 2.45) is 0 Å². The molecule has 0 atom stereocenters. The van der Waals surface area contributed by atoms with Crippen molar-refractivity contribution in [1.82, 2.24) is 5.16 Å². The van der Waals surface area contributed by atoms with E-state index >= 15 is 0 Å². The number of aryl methyl sites for hydroxylation is 1. The fourth-order valence-electron chi connectivity index (χ4n) is 1.51. The maximum atomic E-state index is 5.94. The Balaban J connectivity index is 2.55. The molecule has 0 aliphatic carbocycles. The second kappa shape index (κ2) is 3.95. The number of nitrogen functional groups attached to an aromatic ring is 1. The Morgan fingerprint density at radius 1 is 1.40 bits per heavy atom. The van der Waals surface area contributed by atoms with Gasteiger partial charge in [0.1, 0.15) is 5.69 Å². The van der Waals surface area contributed by atoms with Crippen molar-refractivity contribution < 1.29 is 4.52 Å². The van der Waals surface area contributed by atoms with Crippen LogP contribution in [0.25, 0.3) is 11.3 Å². The molecule has 1 aromatic heterocycles. The Kier molecular flexibility index (Phi) is 2.64. The number of nitrogens with zero attached hydrogens (tertiary/aromatic N) is 1. The summed E-state index contributed by atoms with van der Waals surface area (Å²) in [4.78, 5) is 0. The fourth-order valence-corrected chi connectivity index (χ4v) is 1.68. The van der Waals surface area contributed by atoms with E-state index < -0.39 is 0 Å². The molecule has 2 aromatic rings. The van der Waals surface area contributed by atoms with Gasteiger partial charge in [0, 0.05) is 16.7 Å². The zero-order valence-corrected chi connectivity index (χ0v) is 9.08. The Hall–Kier alpha value is -1.48. The van der Waals surface area contributed by atoms with Gasteiger partial charge in [0.2, 0.25) is 5.88 Å². The van der Waals surface area contributed by atoms with Crippen LogP contribution in [0.2, 0.25) is 5.02 Å². The van der Waals surface area contributed by atoms with Crippen molar-refractivity contribution in [3.63, 3.8) is 0 Å². The molecule has 0 aliphatic rings. The SMILES string of the molecule is CCc1ccc(Cl)cc1-c1cc(N)on1. The molecule has 78 valence electrons. The summed E-state index contributed by atoms with van der Waals surface area (Å²) < 4.78 is 4.84. The second-order valence-electron chi connectivity index (χ2n) is 3.27. The summed E-state index contributed by atoms with van der Waals surface area (Å²) in [6.45, 7) is 2.08. The lowest BCUT2D eigenvalue weighted by Gasteiger charge is -2.04. The van der Waals surface area contributed by atoms with Gasteiger partial charge in [-0.1, -0.05) is 29.7 Å². The first-order valence-corrected chi connectivity index (χ1v) is 5.09. The average molecular weight is 223 g/mol. The number of benzene rings is 1. The van der Waals surface area contributed by atoms with Gasteiger partial charge in [-0.2, -0.15) is 0 Å². The van der Waals surface area contributed by atoms with Gasteiger partial charge in [-0.3, -0.25) is 0 Å². The summed E-state index contributed by atoms with van der Waals surface area (Å²) in [5, 5.41) is 4.56. The van der Waals surface area contributed by atoms with Crippen molar-refractivity contribution in [2.75, 3.05) is 5.73 Å². The van der Waals surface area contributed by atoms with E-state index in [9.17, 15) is 0 Å². The number of nitrogens with two attached hydrogens (primary N) is 1. The highest BCUT2D eigenvalue weighted by Gasteiger charge is 2.09. The minimum atomic E-state index is 0.312. The highest BCUT2D eigenvalue weighted by atomic mass is 35.5. The van der Waals surface area contributed by atoms with Crippen LogP contribution in [0.1, 0.15) is 12.5 Å². The largest absolute Gasteiger partial charge is 0.368 e. The van der Waals surface area contributed by atoms with Crippen molar-refractivity contribution in [3.05, 3.63) is 34.9 Å². The molecule has 0 unspecified atom stereocenters. The van der Waals surface area contributed by atoms with Crippen molar-refractivity contribution >= 4 is 17.5 Å². The predicted octanol–water partition coefficient (Wildman–Crippen LogP) is 3.14. The van der Waals surface area contributed by atoms with Crippen LogP contribution in [-0.4, -0.2) is 5.16 Å². The molecule has 0 spiro atoms. The Labute approximate surface area is 92.8 Å². The molecule has 4 heteroatoms. The molecular weight excluding hydrogens is 212 g/mol. The predicted molar refractivity (Wildman–Crippen MR) is 60.7 cm³/mol. The van der Waals surface area contributed by atoms with Crippen LogP contribution in [0.4, 0.5) is 5.88 Å². The first-order valence-electron chi connectivity index (χ1n) is 4.71. The lowest BCUT2D eigenvalue weighted by Crippen LogP contribution is -1.87. The van der Waals surface area contributed by atoms with Gasteiger partial charge in [-0.05, 0) is 24.1 Å². The van der Waals surface area contributed by atoms with Crippen LogP contribution in [0.3, 0.4) is 0 Å². The number of rotatable bonds is 2. The molecular formula is C11H11ClN2O. The highest BCUT2D eigenvalue weighted by Crippen LogP contribution is 2.27. The van der Waals surface area contributed by atoms with E-state index in [1.54, 1.807) is 6.07 Å². The van der Waals surface area contributed by atoms with Gasteiger partial charge >= 0.3 is 0 Å². The van der Waals surface area contributed by atoms with Gasteiger partial charge in [-0.25, -0.2) is 0 Å². The third-order valence-corrected chi connectivity index (χ3v) is 2.49. The zero-order chi connectivity index (χ0) is 10.8. The smallest absolute Gasteiger partial charge is 0.222 e. The summed E-state index contributed by atoms with van der Waals surface area (Å²) in [7, 11) is 0. The van der Waals surface area contributed by atoms with Crippen LogP contribution in [0, 0.1) is 0 Å². The molecule has 0 bridgehead atoms. The second-order valence-corrected chi connectivity index (χ2v) is 3.71. The quantitative estimate of drug-likeness (QED) is 0.849. The molecule has 15 heavy (non-hydrogen) atoms. The molecule has 0 saturated heterocycles. The van der Waals surface area contributed by atoms with E-state index in [4.69, 9.17) is 21.9 Å². The molecule has 2 N–H and O–H groups in total. The minimum Gasteiger partial charge on any atom is -0.368 e. The fraction of sp³-hybridized carbons (Fsp3) is 0.182. The molecule has 1 heterocycles. The summed E-state index contributed by atoms with van der Waals surface area (Å²) in [5.74, 6) is 0.312. The van der Waals surface area contributed by atoms with E-state index in [2.05, 4.69) is 12.1 Å². The van der Waals surface area contributed by atoms with Gasteiger partial charge < -0.3 is 10.3 Å². The minimum absolute atomic E-state index is 0.312. The number of halogens is 1. The summed E-state index contributed by atoms with van der Waals surface area (Å²) in [6.07, 6.45) is 0.916. The van der Waals surface area contributed by atoms with E-state index in [0.717, 1.165) is 17.7 Å². The van der Waals surface area contributed by atoms with Crippen LogP contribution in [0.15, 0.2) is 28.8 Å². The van der Waals surface area contributed by atoms with Gasteiger partial charge in [0.05, 0.1) is 0 Å². The molecule has 0 saturated carbocycles. The third kappa shape index (κ3) is 1.97. The Morgan fingerprint density at radius 2 is 2.20 bits per heavy atom. The maximum Gasteiger partial charge on any atom is 0.222 e. The topological polar surface area (TPSA) is 52.0 Å². The lowest BCUT2D eigenvalue weighted by molar-refractivity contribution is 0.439. The van der Waals surface area contributed by atoms with Crippen molar-refractivity contribution in [1.29, 1.82) is 0 Å². The lowest BCUT2D eigenvalue weighted by atomic mass is 10.0. The van der Waals surface area contributed by atoms with Crippen molar-refractivity contribution in [2.45, 2.75) is 13.3 Å². The van der Waals surface area contributed by atoms with E-state index in [1.807, 2.05) is 18.2 Å². The molecule has 0 radical (unpaired) electrons. The monoisotopic (exact) mass is 222 g/mol. The molecule has 0 amide bonds. The first kappa shape index (κ1) is 10.1. The zero-order valence-electron chi connectivity index (χ0n) is 8.33. The molecule has 3 nitrogen and oxygen atoms in total. The number of hydrogen-bond acceptors (Lipinski definition) is 3. The molecule has 0 fully saturated rings. The number of hydrogen-bond donors (Lipinski definition) is 1. The van der Waals surface area contributed by atoms with E-state index in [1.165, 1.54) is 5.56 Å². The van der Waals surface area contributed by atoms with Gasteiger partial charge in [0.15, 0.2) is 0 Å². The molecule has 2 rings (SSSR count). The number of aromatic nitrogens is 1. The normalized spacial score (nSPS) is 10.5. The van der Waals surface area contributed by atoms with Gasteiger partial charge in [-0.15, -0.1) is 0 Å². The number of anilines is 1. The third-order valence-electron chi connectivity index (χ3n) is 2.26. The summed E-state index contributed by atoms with van der Waals surface area (Å²) >= 11 is 5.94.